The quantitative estimate of drug-likeness (QED) is 0.674. The second-order valence-electron chi connectivity index (χ2n) is 7.64. The number of carbonyl (C=O) groups is 2. The van der Waals surface area contributed by atoms with Crippen molar-refractivity contribution in [3.05, 3.63) is 41.3 Å². The van der Waals surface area contributed by atoms with E-state index in [0.29, 0.717) is 29.3 Å². The van der Waals surface area contributed by atoms with E-state index in [4.69, 9.17) is 0 Å². The van der Waals surface area contributed by atoms with Gasteiger partial charge in [-0.05, 0) is 43.2 Å². The van der Waals surface area contributed by atoms with Crippen LogP contribution in [0.15, 0.2) is 40.6 Å². The number of benzene rings is 1. The predicted molar refractivity (Wildman–Crippen MR) is 119 cm³/mol. The van der Waals surface area contributed by atoms with Crippen LogP contribution >= 0.6 is 11.3 Å². The average Bonchev–Trinajstić information content (AvgIpc) is 3.18. The number of nitrogens with zero attached hydrogens (tertiary/aromatic N) is 1. The molecule has 2 amide bonds. The number of rotatable bonds is 7. The van der Waals surface area contributed by atoms with Crippen LogP contribution in [0.3, 0.4) is 0 Å². The number of hydrogen-bond donors (Lipinski definition) is 2. The minimum atomic E-state index is -3.48. The van der Waals surface area contributed by atoms with Gasteiger partial charge in [0.05, 0.1) is 6.42 Å². The molecule has 2 aromatic rings. The highest BCUT2D eigenvalue weighted by Gasteiger charge is 2.27. The molecule has 0 spiro atoms. The van der Waals surface area contributed by atoms with Crippen molar-refractivity contribution in [1.82, 2.24) is 4.31 Å². The third-order valence-corrected chi connectivity index (χ3v) is 8.27. The van der Waals surface area contributed by atoms with Gasteiger partial charge >= 0.3 is 0 Å². The van der Waals surface area contributed by atoms with E-state index in [9.17, 15) is 18.0 Å². The molecule has 1 saturated heterocycles. The Bertz CT molecular complexity index is 1010. The number of thiophene rings is 1. The molecule has 3 rings (SSSR count). The lowest BCUT2D eigenvalue weighted by molar-refractivity contribution is -0.119. The largest absolute Gasteiger partial charge is 0.326 e. The first kappa shape index (κ1) is 22.5. The number of sulfonamides is 1. The Morgan fingerprint density at radius 3 is 2.37 bits per heavy atom. The monoisotopic (exact) mass is 449 g/mol. The highest BCUT2D eigenvalue weighted by molar-refractivity contribution is 7.91. The summed E-state index contributed by atoms with van der Waals surface area (Å²) in [6.07, 6.45) is 2.92. The molecule has 2 N–H and O–H groups in total. The Morgan fingerprint density at radius 2 is 1.70 bits per heavy atom. The maximum atomic E-state index is 12.8. The summed E-state index contributed by atoms with van der Waals surface area (Å²) in [6.45, 7) is 4.73. The Hall–Kier alpha value is -2.23. The standard InChI is InChI=1S/C21H27N3O4S2/c1-15(2)21(26)23-17-8-6-7-16(13-17)22-19(25)14-18-9-10-20(29-18)30(27,28)24-11-4-3-5-12-24/h6-10,13,15H,3-5,11-12,14H2,1-2H3,(H,22,25)(H,23,26). The first-order chi connectivity index (χ1) is 14.3. The van der Waals surface area contributed by atoms with E-state index in [2.05, 4.69) is 10.6 Å². The Labute approximate surface area is 181 Å². The number of anilines is 2. The first-order valence-electron chi connectivity index (χ1n) is 10.1. The SMILES string of the molecule is CC(C)C(=O)Nc1cccc(NC(=O)Cc2ccc(S(=O)(=O)N3CCCCC3)s2)c1. The first-order valence-corrected chi connectivity index (χ1v) is 12.3. The van der Waals surface area contributed by atoms with Crippen molar-refractivity contribution < 1.29 is 18.0 Å². The van der Waals surface area contributed by atoms with Crippen molar-refractivity contribution in [2.75, 3.05) is 23.7 Å². The summed E-state index contributed by atoms with van der Waals surface area (Å²) in [5.41, 5.74) is 1.18. The predicted octanol–water partition coefficient (Wildman–Crippen LogP) is 3.70. The normalized spacial score (nSPS) is 15.2. The third kappa shape index (κ3) is 5.68. The molecule has 7 nitrogen and oxygen atoms in total. The van der Waals surface area contributed by atoms with Crippen LogP contribution in [0.4, 0.5) is 11.4 Å². The molecule has 1 aromatic heterocycles. The van der Waals surface area contributed by atoms with Gasteiger partial charge < -0.3 is 10.6 Å². The minimum absolute atomic E-state index is 0.0861. The molecular weight excluding hydrogens is 422 g/mol. The van der Waals surface area contributed by atoms with Crippen molar-refractivity contribution in [2.45, 2.75) is 43.7 Å². The molecule has 2 heterocycles. The zero-order valence-corrected chi connectivity index (χ0v) is 18.8. The van der Waals surface area contributed by atoms with E-state index in [1.165, 1.54) is 4.31 Å². The molecule has 1 aliphatic rings. The van der Waals surface area contributed by atoms with Gasteiger partial charge in [0.1, 0.15) is 4.21 Å². The van der Waals surface area contributed by atoms with E-state index in [-0.39, 0.29) is 28.4 Å². The maximum absolute atomic E-state index is 12.8. The van der Waals surface area contributed by atoms with Crippen molar-refractivity contribution in [2.24, 2.45) is 5.92 Å². The number of carbonyl (C=O) groups excluding carboxylic acids is 2. The average molecular weight is 450 g/mol. The van der Waals surface area contributed by atoms with Crippen molar-refractivity contribution in [3.63, 3.8) is 0 Å². The number of hydrogen-bond acceptors (Lipinski definition) is 5. The molecule has 0 saturated carbocycles. The van der Waals surface area contributed by atoms with Crippen molar-refractivity contribution in [1.29, 1.82) is 0 Å². The Kier molecular flexibility index (Phi) is 7.27. The molecule has 0 radical (unpaired) electrons. The number of nitrogens with one attached hydrogen (secondary N) is 2. The zero-order chi connectivity index (χ0) is 21.7. The summed E-state index contributed by atoms with van der Waals surface area (Å²) >= 11 is 1.14. The molecule has 0 bridgehead atoms. The molecule has 162 valence electrons. The van der Waals surface area contributed by atoms with Crippen LogP contribution in [-0.4, -0.2) is 37.6 Å². The van der Waals surface area contributed by atoms with Gasteiger partial charge in [-0.25, -0.2) is 8.42 Å². The van der Waals surface area contributed by atoms with Gasteiger partial charge in [-0.1, -0.05) is 26.3 Å². The van der Waals surface area contributed by atoms with E-state index < -0.39 is 10.0 Å². The van der Waals surface area contributed by atoms with Gasteiger partial charge in [0, 0.05) is 35.3 Å². The summed E-state index contributed by atoms with van der Waals surface area (Å²) in [4.78, 5) is 25.0. The van der Waals surface area contributed by atoms with Crippen LogP contribution in [-0.2, 0) is 26.0 Å². The second-order valence-corrected chi connectivity index (χ2v) is 11.0. The smallest absolute Gasteiger partial charge is 0.252 e. The molecule has 0 aliphatic carbocycles. The summed E-state index contributed by atoms with van der Waals surface area (Å²) in [5, 5.41) is 5.60. The highest BCUT2D eigenvalue weighted by atomic mass is 32.2. The summed E-state index contributed by atoms with van der Waals surface area (Å²) < 4.78 is 27.3. The fourth-order valence-electron chi connectivity index (χ4n) is 3.15. The lowest BCUT2D eigenvalue weighted by atomic mass is 10.2. The minimum Gasteiger partial charge on any atom is -0.326 e. The van der Waals surface area contributed by atoms with E-state index in [0.717, 1.165) is 30.6 Å². The fraction of sp³-hybridized carbons (Fsp3) is 0.429. The van der Waals surface area contributed by atoms with Crippen molar-refractivity contribution >= 4 is 44.5 Å². The van der Waals surface area contributed by atoms with Crippen LogP contribution in [0.25, 0.3) is 0 Å². The lowest BCUT2D eigenvalue weighted by Gasteiger charge is -2.25. The van der Waals surface area contributed by atoms with Gasteiger partial charge in [0.2, 0.25) is 11.8 Å². The van der Waals surface area contributed by atoms with Gasteiger partial charge in [-0.2, -0.15) is 4.31 Å². The number of amides is 2. The zero-order valence-electron chi connectivity index (χ0n) is 17.2. The molecule has 0 unspecified atom stereocenters. The van der Waals surface area contributed by atoms with Gasteiger partial charge in [0.25, 0.3) is 10.0 Å². The van der Waals surface area contributed by atoms with Gasteiger partial charge in [-0.3, -0.25) is 9.59 Å². The molecule has 0 atom stereocenters. The van der Waals surface area contributed by atoms with Gasteiger partial charge in [-0.15, -0.1) is 11.3 Å². The van der Waals surface area contributed by atoms with E-state index >= 15 is 0 Å². The Morgan fingerprint density at radius 1 is 1.03 bits per heavy atom. The lowest BCUT2D eigenvalue weighted by Crippen LogP contribution is -2.35. The van der Waals surface area contributed by atoms with Crippen molar-refractivity contribution in [3.8, 4) is 0 Å². The fourth-order valence-corrected chi connectivity index (χ4v) is 6.17. The van der Waals surface area contributed by atoms with Crippen LogP contribution in [0.2, 0.25) is 0 Å². The Balaban J connectivity index is 1.61. The summed E-state index contributed by atoms with van der Waals surface area (Å²) in [6, 6.07) is 10.2. The summed E-state index contributed by atoms with van der Waals surface area (Å²) in [5.74, 6) is -0.483. The molecule has 30 heavy (non-hydrogen) atoms. The van der Waals surface area contributed by atoms with Gasteiger partial charge in [0.15, 0.2) is 0 Å². The third-order valence-electron chi connectivity index (χ3n) is 4.82. The van der Waals surface area contributed by atoms with Crippen LogP contribution < -0.4 is 10.6 Å². The molecule has 1 fully saturated rings. The van der Waals surface area contributed by atoms with Crippen LogP contribution in [0.5, 0.6) is 0 Å². The van der Waals surface area contributed by atoms with Crippen LogP contribution in [0.1, 0.15) is 38.0 Å². The second kappa shape index (κ2) is 9.72. The number of piperidine rings is 1. The molecule has 1 aliphatic heterocycles. The molecule has 9 heteroatoms. The topological polar surface area (TPSA) is 95.6 Å². The maximum Gasteiger partial charge on any atom is 0.252 e. The summed E-state index contributed by atoms with van der Waals surface area (Å²) in [7, 11) is -3.48. The molecule has 1 aromatic carbocycles. The van der Waals surface area contributed by atoms with Crippen LogP contribution in [0, 0.1) is 5.92 Å². The molecular formula is C21H27N3O4S2. The van der Waals surface area contributed by atoms with E-state index in [1.807, 2.05) is 13.8 Å². The van der Waals surface area contributed by atoms with E-state index in [1.54, 1.807) is 36.4 Å². The highest BCUT2D eigenvalue weighted by Crippen LogP contribution is 2.27.